The highest BCUT2D eigenvalue weighted by atomic mass is 79.9. The van der Waals surface area contributed by atoms with Crippen molar-refractivity contribution in [1.29, 1.82) is 0 Å². The minimum atomic E-state index is -0.218. The molecule has 0 aromatic heterocycles. The number of amides is 2. The molecule has 0 fully saturated rings. The van der Waals surface area contributed by atoms with E-state index in [2.05, 4.69) is 26.6 Å². The third-order valence-corrected chi connectivity index (χ3v) is 4.39. The fourth-order valence-corrected chi connectivity index (χ4v) is 3.13. The summed E-state index contributed by atoms with van der Waals surface area (Å²) in [5, 5.41) is 5.82. The number of rotatable bonds is 4. The Bertz CT molecular complexity index is 736. The Morgan fingerprint density at radius 1 is 1.33 bits per heavy atom. The van der Waals surface area contributed by atoms with Gasteiger partial charge in [0.05, 0.1) is 13.2 Å². The molecule has 0 radical (unpaired) electrons. The van der Waals surface area contributed by atoms with Crippen molar-refractivity contribution in [2.24, 2.45) is 0 Å². The van der Waals surface area contributed by atoms with Crippen molar-refractivity contribution in [3.63, 3.8) is 0 Å². The maximum atomic E-state index is 12.2. The second kappa shape index (κ2) is 7.57. The van der Waals surface area contributed by atoms with E-state index in [1.165, 1.54) is 0 Å². The lowest BCUT2D eigenvalue weighted by Crippen LogP contribution is -2.47. The van der Waals surface area contributed by atoms with Crippen molar-refractivity contribution < 1.29 is 14.3 Å². The van der Waals surface area contributed by atoms with Crippen LogP contribution in [-0.4, -0.2) is 25.8 Å². The summed E-state index contributed by atoms with van der Waals surface area (Å²) in [4.78, 5) is 12.2. The van der Waals surface area contributed by atoms with Crippen molar-refractivity contribution in [2.45, 2.75) is 19.0 Å². The van der Waals surface area contributed by atoms with Crippen LogP contribution in [0.15, 0.2) is 46.9 Å². The minimum absolute atomic E-state index is 0.0377. The Morgan fingerprint density at radius 3 is 3.00 bits per heavy atom. The molecule has 0 saturated heterocycles. The lowest BCUT2D eigenvalue weighted by Gasteiger charge is -2.26. The molecule has 1 aliphatic rings. The summed E-state index contributed by atoms with van der Waals surface area (Å²) in [6, 6.07) is 13.3. The number of urea groups is 1. The predicted molar refractivity (Wildman–Crippen MR) is 95.5 cm³/mol. The number of para-hydroxylation sites is 1. The van der Waals surface area contributed by atoms with Crippen LogP contribution in [0.3, 0.4) is 0 Å². The zero-order valence-corrected chi connectivity index (χ0v) is 14.9. The Kier molecular flexibility index (Phi) is 5.25. The molecule has 0 bridgehead atoms. The Hall–Kier alpha value is -2.21. The first-order chi connectivity index (χ1) is 11.7. The van der Waals surface area contributed by atoms with Gasteiger partial charge in [0.2, 0.25) is 0 Å². The molecule has 0 saturated carbocycles. The highest BCUT2D eigenvalue weighted by molar-refractivity contribution is 9.10. The normalized spacial score (nSPS) is 15.8. The van der Waals surface area contributed by atoms with E-state index in [1.54, 1.807) is 7.11 Å². The first-order valence-electron chi connectivity index (χ1n) is 7.73. The van der Waals surface area contributed by atoms with Crippen LogP contribution in [-0.2, 0) is 13.0 Å². The third kappa shape index (κ3) is 4.00. The third-order valence-electron chi connectivity index (χ3n) is 3.90. The summed E-state index contributed by atoms with van der Waals surface area (Å²) in [6.45, 7) is 0.864. The molecule has 24 heavy (non-hydrogen) atoms. The summed E-state index contributed by atoms with van der Waals surface area (Å²) >= 11 is 3.43. The fraction of sp³-hybridized carbons (Fsp3) is 0.278. The van der Waals surface area contributed by atoms with Gasteiger partial charge in [0.25, 0.3) is 0 Å². The number of carbonyl (C=O) groups excluding carboxylic acids is 1. The summed E-state index contributed by atoms with van der Waals surface area (Å²) in [5.74, 6) is 1.64. The molecule has 0 unspecified atom stereocenters. The molecule has 5 nitrogen and oxygen atoms in total. The minimum Gasteiger partial charge on any atom is -0.496 e. The van der Waals surface area contributed by atoms with Crippen molar-refractivity contribution in [2.75, 3.05) is 13.7 Å². The molecule has 2 aromatic rings. The standard InChI is InChI=1S/C18H19BrN2O3/c1-23-16-7-6-14(19)8-13(16)10-20-18(22)21-15-9-12-4-2-3-5-17(12)24-11-15/h2-8,15H,9-11H2,1H3,(H2,20,21,22)/t15-/m1/s1. The van der Waals surface area contributed by atoms with Crippen LogP contribution >= 0.6 is 15.9 Å². The average molecular weight is 391 g/mol. The zero-order valence-electron chi connectivity index (χ0n) is 13.3. The molecule has 0 spiro atoms. The summed E-state index contributed by atoms with van der Waals surface area (Å²) in [7, 11) is 1.61. The Labute approximate surface area is 149 Å². The van der Waals surface area contributed by atoms with Gasteiger partial charge in [-0.25, -0.2) is 4.79 Å². The first-order valence-corrected chi connectivity index (χ1v) is 8.52. The van der Waals surface area contributed by atoms with E-state index < -0.39 is 0 Å². The lowest BCUT2D eigenvalue weighted by molar-refractivity contribution is 0.214. The average Bonchev–Trinajstić information content (AvgIpc) is 2.60. The summed E-state index contributed by atoms with van der Waals surface area (Å²) < 4.78 is 11.9. The van der Waals surface area contributed by atoms with E-state index in [4.69, 9.17) is 9.47 Å². The largest absolute Gasteiger partial charge is 0.496 e. The van der Waals surface area contributed by atoms with Gasteiger partial charge in [-0.15, -0.1) is 0 Å². The number of benzene rings is 2. The van der Waals surface area contributed by atoms with E-state index in [1.807, 2.05) is 42.5 Å². The van der Waals surface area contributed by atoms with Crippen molar-refractivity contribution >= 4 is 22.0 Å². The number of hydrogen-bond donors (Lipinski definition) is 2. The van der Waals surface area contributed by atoms with Crippen molar-refractivity contribution in [3.05, 3.63) is 58.1 Å². The van der Waals surface area contributed by atoms with E-state index in [-0.39, 0.29) is 12.1 Å². The molecule has 6 heteroatoms. The van der Waals surface area contributed by atoms with Gasteiger partial charge in [-0.1, -0.05) is 34.1 Å². The summed E-state index contributed by atoms with van der Waals surface area (Å²) in [5.41, 5.74) is 2.02. The molecule has 1 atom stereocenters. The van der Waals surface area contributed by atoms with Gasteiger partial charge in [-0.3, -0.25) is 0 Å². The van der Waals surface area contributed by atoms with Crippen molar-refractivity contribution in [1.82, 2.24) is 10.6 Å². The van der Waals surface area contributed by atoms with Gasteiger partial charge < -0.3 is 20.1 Å². The number of fused-ring (bicyclic) bond motifs is 1. The molecule has 126 valence electrons. The highest BCUT2D eigenvalue weighted by Crippen LogP contribution is 2.24. The smallest absolute Gasteiger partial charge is 0.315 e. The quantitative estimate of drug-likeness (QED) is 0.841. The topological polar surface area (TPSA) is 59.6 Å². The van der Waals surface area contributed by atoms with Gasteiger partial charge in [0.1, 0.15) is 18.1 Å². The number of methoxy groups -OCH3 is 1. The number of carbonyl (C=O) groups is 1. The first kappa shape index (κ1) is 16.6. The summed E-state index contributed by atoms with van der Waals surface area (Å²) in [6.07, 6.45) is 0.768. The maximum Gasteiger partial charge on any atom is 0.315 e. The maximum absolute atomic E-state index is 12.2. The van der Waals surface area contributed by atoms with Crippen molar-refractivity contribution in [3.8, 4) is 11.5 Å². The second-order valence-electron chi connectivity index (χ2n) is 5.60. The van der Waals surface area contributed by atoms with Gasteiger partial charge in [-0.2, -0.15) is 0 Å². The van der Waals surface area contributed by atoms with Crippen LogP contribution in [0.25, 0.3) is 0 Å². The van der Waals surface area contributed by atoms with E-state index in [0.29, 0.717) is 13.2 Å². The molecule has 1 heterocycles. The van der Waals surface area contributed by atoms with Crippen LogP contribution < -0.4 is 20.1 Å². The van der Waals surface area contributed by atoms with Crippen LogP contribution in [0.1, 0.15) is 11.1 Å². The number of hydrogen-bond acceptors (Lipinski definition) is 3. The molecule has 2 N–H and O–H groups in total. The van der Waals surface area contributed by atoms with Gasteiger partial charge in [0.15, 0.2) is 0 Å². The Morgan fingerprint density at radius 2 is 2.17 bits per heavy atom. The van der Waals surface area contributed by atoms with E-state index in [9.17, 15) is 4.79 Å². The molecule has 0 aliphatic carbocycles. The number of ether oxygens (including phenoxy) is 2. The van der Waals surface area contributed by atoms with E-state index >= 15 is 0 Å². The molecular weight excluding hydrogens is 372 g/mol. The molecular formula is C18H19BrN2O3. The van der Waals surface area contributed by atoms with Gasteiger partial charge >= 0.3 is 6.03 Å². The Balaban J connectivity index is 1.54. The molecule has 2 aromatic carbocycles. The molecule has 3 rings (SSSR count). The van der Waals surface area contributed by atoms with Gasteiger partial charge in [0, 0.05) is 16.6 Å². The molecule has 2 amide bonds. The molecule has 1 aliphatic heterocycles. The number of nitrogens with one attached hydrogen (secondary N) is 2. The predicted octanol–water partition coefficient (Wildman–Crippen LogP) is 3.26. The zero-order chi connectivity index (χ0) is 16.9. The van der Waals surface area contributed by atoms with Crippen LogP contribution in [0.2, 0.25) is 0 Å². The second-order valence-corrected chi connectivity index (χ2v) is 6.52. The number of halogens is 1. The van der Waals surface area contributed by atoms with Crippen LogP contribution in [0.4, 0.5) is 4.79 Å². The SMILES string of the molecule is COc1ccc(Br)cc1CNC(=O)N[C@H]1COc2ccccc2C1. The van der Waals surface area contributed by atoms with E-state index in [0.717, 1.165) is 33.5 Å². The fourth-order valence-electron chi connectivity index (χ4n) is 2.72. The van der Waals surface area contributed by atoms with Gasteiger partial charge in [-0.05, 0) is 36.2 Å². The lowest BCUT2D eigenvalue weighted by atomic mass is 10.0. The van der Waals surface area contributed by atoms with Crippen LogP contribution in [0.5, 0.6) is 11.5 Å². The monoisotopic (exact) mass is 390 g/mol. The van der Waals surface area contributed by atoms with Crippen LogP contribution in [0, 0.1) is 0 Å². The highest BCUT2D eigenvalue weighted by Gasteiger charge is 2.21.